The Bertz CT molecular complexity index is 1820. The SMILES string of the molecule is COC1C=CC(C)C(C(C)C(OC)C(C)CCC(=O)C(C)C(CC=CN(C)C=O)OC)OC(=O)C=CC2OC2(C)CC(OC)C(OC)C2=CC(=O)OC(C2O)C(C)C(OC)CC(OC)C=CC(C)C(O)C1. The van der Waals surface area contributed by atoms with Crippen LogP contribution in [-0.2, 0) is 66.5 Å². The van der Waals surface area contributed by atoms with Gasteiger partial charge in [0.1, 0.15) is 36.3 Å². The number of ketones is 1. The number of hydrogen-bond donors (Lipinski definition) is 2. The minimum absolute atomic E-state index is 0.0401. The average molecular weight is 1010 g/mol. The molecule has 19 unspecified atom stereocenters. The van der Waals surface area contributed by atoms with E-state index in [1.165, 1.54) is 31.3 Å². The van der Waals surface area contributed by atoms with Gasteiger partial charge in [0.25, 0.3) is 0 Å². The molecule has 71 heavy (non-hydrogen) atoms. The second-order valence-corrected chi connectivity index (χ2v) is 19.9. The van der Waals surface area contributed by atoms with E-state index in [1.807, 2.05) is 72.8 Å². The third-order valence-electron chi connectivity index (χ3n) is 14.9. The van der Waals surface area contributed by atoms with Gasteiger partial charge in [-0.15, -0.1) is 0 Å². The Hall–Kier alpha value is -3.62. The molecule has 17 nitrogen and oxygen atoms in total. The molecule has 2 N–H and O–H groups in total. The molecule has 3 aliphatic heterocycles. The van der Waals surface area contributed by atoms with Gasteiger partial charge in [-0.3, -0.25) is 9.59 Å². The second-order valence-electron chi connectivity index (χ2n) is 19.9. The van der Waals surface area contributed by atoms with E-state index in [0.717, 1.165) is 0 Å². The van der Waals surface area contributed by atoms with E-state index in [4.69, 9.17) is 47.4 Å². The topological polar surface area (TPSA) is 208 Å². The molecule has 0 aliphatic carbocycles. The van der Waals surface area contributed by atoms with Crippen molar-refractivity contribution in [3.05, 3.63) is 60.4 Å². The lowest BCUT2D eigenvalue weighted by Gasteiger charge is -2.39. The lowest BCUT2D eigenvalue weighted by molar-refractivity contribution is -0.162. The number of methoxy groups -OCH3 is 7. The number of rotatable bonds is 19. The average Bonchev–Trinajstić information content (AvgIpc) is 4.01. The smallest absolute Gasteiger partial charge is 0.331 e. The number of fused-ring (bicyclic) bond motifs is 3. The number of aliphatic hydroxyl groups excluding tert-OH is 2. The molecule has 0 aromatic rings. The molecule has 404 valence electrons. The molecule has 2 bridgehead atoms. The third kappa shape index (κ3) is 17.8. The van der Waals surface area contributed by atoms with Crippen LogP contribution in [0.2, 0.25) is 0 Å². The molecule has 1 saturated heterocycles. The van der Waals surface area contributed by atoms with Crippen molar-refractivity contribution in [2.75, 3.05) is 56.8 Å². The fourth-order valence-electron chi connectivity index (χ4n) is 9.98. The Morgan fingerprint density at radius 1 is 0.831 bits per heavy atom. The summed E-state index contributed by atoms with van der Waals surface area (Å²) in [5, 5.41) is 23.3. The highest BCUT2D eigenvalue weighted by molar-refractivity contribution is 5.84. The first-order valence-electron chi connectivity index (χ1n) is 24.9. The summed E-state index contributed by atoms with van der Waals surface area (Å²) in [5.41, 5.74) is -0.504. The number of ether oxygens (including phenoxy) is 10. The second kappa shape index (κ2) is 29.9. The number of epoxide rings is 1. The summed E-state index contributed by atoms with van der Waals surface area (Å²) < 4.78 is 59.5. The van der Waals surface area contributed by atoms with E-state index in [9.17, 15) is 29.4 Å². The van der Waals surface area contributed by atoms with Crippen LogP contribution in [0.4, 0.5) is 0 Å². The molecule has 0 aromatic heterocycles. The van der Waals surface area contributed by atoms with Gasteiger partial charge >= 0.3 is 11.9 Å². The quantitative estimate of drug-likeness (QED) is 0.0684. The van der Waals surface area contributed by atoms with Crippen LogP contribution in [0.15, 0.2) is 60.4 Å². The molecule has 0 spiro atoms. The number of amides is 1. The molecule has 19 atom stereocenters. The molecule has 17 heteroatoms. The van der Waals surface area contributed by atoms with E-state index in [-0.39, 0.29) is 54.8 Å². The van der Waals surface area contributed by atoms with Crippen LogP contribution in [0.3, 0.4) is 0 Å². The number of carbonyl (C=O) groups excluding carboxylic acids is 4. The first kappa shape index (κ1) is 61.7. The lowest BCUT2D eigenvalue weighted by Crippen LogP contribution is -2.50. The fourth-order valence-corrected chi connectivity index (χ4v) is 9.98. The van der Waals surface area contributed by atoms with E-state index >= 15 is 0 Å². The summed E-state index contributed by atoms with van der Waals surface area (Å²) in [6.07, 6.45) is 10.0. The van der Waals surface area contributed by atoms with E-state index in [0.29, 0.717) is 31.2 Å². The Morgan fingerprint density at radius 3 is 2.04 bits per heavy atom. The standard InChI is InChI=1S/C54H87NO16/c1-32-18-21-39(63-10)28-44(65-12)36(5)52-49(61)40(29-48(60)70-52)53(68-15)45(66-13)30-54(7)46(71-54)24-25-47(59)69-51(34(3)19-22-38(62-9)27-42(32)58)37(6)50(67-14)33(2)20-23-41(57)35(4)43(64-11)17-16-26-55(8)31-56/h16,18-19,21-22,24-26,29,31-39,42-46,49-53,58,61H,17,20,23,27-28,30H2,1-15H3. The number of aliphatic hydroxyl groups is 2. The number of esters is 2. The van der Waals surface area contributed by atoms with Crippen molar-refractivity contribution in [1.82, 2.24) is 4.90 Å². The first-order chi connectivity index (χ1) is 33.7. The van der Waals surface area contributed by atoms with Crippen LogP contribution >= 0.6 is 0 Å². The third-order valence-corrected chi connectivity index (χ3v) is 14.9. The maximum atomic E-state index is 13.9. The monoisotopic (exact) mass is 1010 g/mol. The zero-order valence-corrected chi connectivity index (χ0v) is 45.0. The van der Waals surface area contributed by atoms with Gasteiger partial charge in [0.2, 0.25) is 6.41 Å². The van der Waals surface area contributed by atoms with Crippen LogP contribution in [-0.4, -0.2) is 175 Å². The molecular formula is C54H87NO16. The number of cyclic esters (lactones) is 1. The van der Waals surface area contributed by atoms with Crippen LogP contribution in [0.5, 0.6) is 0 Å². The molecule has 0 radical (unpaired) electrons. The summed E-state index contributed by atoms with van der Waals surface area (Å²) >= 11 is 0. The molecule has 0 saturated carbocycles. The highest BCUT2D eigenvalue weighted by Crippen LogP contribution is 2.44. The maximum absolute atomic E-state index is 13.9. The molecule has 0 aromatic carbocycles. The summed E-state index contributed by atoms with van der Waals surface area (Å²) in [7, 11) is 12.5. The summed E-state index contributed by atoms with van der Waals surface area (Å²) in [6.45, 7) is 13.4. The lowest BCUT2D eigenvalue weighted by atomic mass is 9.81. The van der Waals surface area contributed by atoms with Crippen molar-refractivity contribution in [2.45, 2.75) is 166 Å². The zero-order valence-electron chi connectivity index (χ0n) is 45.0. The predicted octanol–water partition coefficient (Wildman–Crippen LogP) is 5.74. The zero-order chi connectivity index (χ0) is 53.2. The molecular weight excluding hydrogens is 919 g/mol. The number of carbonyl (C=O) groups is 4. The van der Waals surface area contributed by atoms with Gasteiger partial charge in [-0.1, -0.05) is 71.9 Å². The summed E-state index contributed by atoms with van der Waals surface area (Å²) in [4.78, 5) is 52.9. The maximum Gasteiger partial charge on any atom is 0.331 e. The number of Topliss-reactive ketones (excluding diaryl/α,β-unsaturated/α-hetero) is 1. The van der Waals surface area contributed by atoms with Crippen molar-refractivity contribution < 1.29 is 76.8 Å². The van der Waals surface area contributed by atoms with E-state index < -0.39 is 96.5 Å². The number of nitrogens with zero attached hydrogens (tertiary/aromatic N) is 1. The molecule has 1 amide bonds. The fraction of sp³-hybridized carbons (Fsp3) is 0.741. The van der Waals surface area contributed by atoms with Crippen molar-refractivity contribution >= 4 is 24.1 Å². The van der Waals surface area contributed by atoms with E-state index in [1.54, 1.807) is 60.9 Å². The van der Waals surface area contributed by atoms with Crippen molar-refractivity contribution in [2.24, 2.45) is 35.5 Å². The van der Waals surface area contributed by atoms with Crippen LogP contribution in [0.25, 0.3) is 0 Å². The molecule has 3 aliphatic rings. The Balaban J connectivity index is 1.98. The van der Waals surface area contributed by atoms with Gasteiger partial charge in [0.05, 0.1) is 48.3 Å². The Kier molecular flexibility index (Phi) is 26.0. The minimum atomic E-state index is -1.26. The van der Waals surface area contributed by atoms with Gasteiger partial charge in [0.15, 0.2) is 0 Å². The predicted molar refractivity (Wildman–Crippen MR) is 267 cm³/mol. The molecule has 3 rings (SSSR count). The highest BCUT2D eigenvalue weighted by atomic mass is 16.6. The van der Waals surface area contributed by atoms with Gasteiger partial charge in [-0.25, -0.2) is 9.59 Å². The van der Waals surface area contributed by atoms with Crippen molar-refractivity contribution in [1.29, 1.82) is 0 Å². The molecule has 1 fully saturated rings. The Morgan fingerprint density at radius 2 is 1.46 bits per heavy atom. The van der Waals surface area contributed by atoms with Gasteiger partial charge in [-0.05, 0) is 31.8 Å². The van der Waals surface area contributed by atoms with Gasteiger partial charge in [-0.2, -0.15) is 0 Å². The number of hydrogen-bond acceptors (Lipinski definition) is 16. The molecule has 3 heterocycles. The van der Waals surface area contributed by atoms with Gasteiger partial charge < -0.3 is 62.5 Å². The van der Waals surface area contributed by atoms with Crippen molar-refractivity contribution in [3.63, 3.8) is 0 Å². The van der Waals surface area contributed by atoms with Crippen LogP contribution in [0, 0.1) is 35.5 Å². The normalized spacial score (nSPS) is 34.8. The van der Waals surface area contributed by atoms with Crippen LogP contribution < -0.4 is 0 Å². The summed E-state index contributed by atoms with van der Waals surface area (Å²) in [5.74, 6) is -3.24. The van der Waals surface area contributed by atoms with Crippen LogP contribution in [0.1, 0.15) is 87.0 Å². The minimum Gasteiger partial charge on any atom is -0.458 e. The Labute approximate surface area is 423 Å². The van der Waals surface area contributed by atoms with Gasteiger partial charge in [0, 0.05) is 136 Å². The van der Waals surface area contributed by atoms with E-state index in [2.05, 4.69) is 0 Å². The first-order valence-corrected chi connectivity index (χ1v) is 24.9. The summed E-state index contributed by atoms with van der Waals surface area (Å²) in [6, 6.07) is 0. The highest BCUT2D eigenvalue weighted by Gasteiger charge is 2.54. The van der Waals surface area contributed by atoms with Crippen molar-refractivity contribution in [3.8, 4) is 0 Å². The largest absolute Gasteiger partial charge is 0.458 e.